The van der Waals surface area contributed by atoms with Gasteiger partial charge in [-0.1, -0.05) is 0 Å². The molecule has 2 fully saturated rings. The third-order valence-electron chi connectivity index (χ3n) is 3.93. The van der Waals surface area contributed by atoms with Crippen LogP contribution in [0.25, 0.3) is 0 Å². The average Bonchev–Trinajstić information content (AvgIpc) is 2.68. The minimum atomic E-state index is -1.15. The van der Waals surface area contributed by atoms with Crippen molar-refractivity contribution < 1.29 is 19.4 Å². The van der Waals surface area contributed by atoms with Crippen LogP contribution < -0.4 is 10.6 Å². The van der Waals surface area contributed by atoms with E-state index in [1.807, 2.05) is 0 Å². The maximum absolute atomic E-state index is 12.1. The molecule has 0 atom stereocenters. The summed E-state index contributed by atoms with van der Waals surface area (Å²) in [5.41, 5.74) is -1.15. The molecule has 0 aromatic heterocycles. The normalized spacial score (nSPS) is 23.8. The van der Waals surface area contributed by atoms with Crippen molar-refractivity contribution in [1.29, 1.82) is 0 Å². The molecule has 2 heterocycles. The second-order valence-electron chi connectivity index (χ2n) is 5.43. The number of rotatable bonds is 4. The van der Waals surface area contributed by atoms with Crippen molar-refractivity contribution in [3.05, 3.63) is 0 Å². The van der Waals surface area contributed by atoms with Crippen molar-refractivity contribution in [3.63, 3.8) is 0 Å². The van der Waals surface area contributed by atoms with Crippen LogP contribution in [0.15, 0.2) is 0 Å². The van der Waals surface area contributed by atoms with E-state index >= 15 is 0 Å². The molecule has 3 N–H and O–H groups in total. The highest BCUT2D eigenvalue weighted by Gasteiger charge is 2.41. The Morgan fingerprint density at radius 1 is 1.25 bits per heavy atom. The van der Waals surface area contributed by atoms with Crippen molar-refractivity contribution in [1.82, 2.24) is 15.5 Å². The molecule has 0 radical (unpaired) electrons. The van der Waals surface area contributed by atoms with E-state index in [1.165, 1.54) is 0 Å². The van der Waals surface area contributed by atoms with E-state index in [9.17, 15) is 14.7 Å². The summed E-state index contributed by atoms with van der Waals surface area (Å²) >= 11 is 0. The van der Waals surface area contributed by atoms with Gasteiger partial charge in [0.25, 0.3) is 0 Å². The SMILES string of the molecule is O=C(CN1CCCNCC1)NC1(C(=O)O)CCOCC1. The molecule has 0 spiro atoms. The predicted octanol–water partition coefficient (Wildman–Crippen LogP) is -0.968. The van der Waals surface area contributed by atoms with Crippen molar-refractivity contribution in [2.24, 2.45) is 0 Å². The Labute approximate surface area is 118 Å². The molecule has 7 nitrogen and oxygen atoms in total. The third-order valence-corrected chi connectivity index (χ3v) is 3.93. The fraction of sp³-hybridized carbons (Fsp3) is 0.846. The highest BCUT2D eigenvalue weighted by atomic mass is 16.5. The van der Waals surface area contributed by atoms with Gasteiger partial charge >= 0.3 is 5.97 Å². The third kappa shape index (κ3) is 3.91. The second-order valence-corrected chi connectivity index (χ2v) is 5.43. The molecule has 0 aliphatic carbocycles. The molecule has 0 aromatic carbocycles. The van der Waals surface area contributed by atoms with Gasteiger partial charge in [-0.05, 0) is 19.5 Å². The second kappa shape index (κ2) is 7.01. The number of carbonyl (C=O) groups excluding carboxylic acids is 1. The maximum Gasteiger partial charge on any atom is 0.329 e. The lowest BCUT2D eigenvalue weighted by molar-refractivity contribution is -0.152. The van der Waals surface area contributed by atoms with Gasteiger partial charge in [0.2, 0.25) is 5.91 Å². The molecule has 2 aliphatic heterocycles. The van der Waals surface area contributed by atoms with Crippen LogP contribution >= 0.6 is 0 Å². The molecule has 1 amide bonds. The van der Waals surface area contributed by atoms with Crippen LogP contribution in [0.2, 0.25) is 0 Å². The van der Waals surface area contributed by atoms with Gasteiger partial charge in [0, 0.05) is 39.1 Å². The smallest absolute Gasteiger partial charge is 0.329 e. The van der Waals surface area contributed by atoms with Crippen LogP contribution in [0.5, 0.6) is 0 Å². The number of aliphatic carboxylic acids is 1. The van der Waals surface area contributed by atoms with Crippen molar-refractivity contribution >= 4 is 11.9 Å². The van der Waals surface area contributed by atoms with Crippen molar-refractivity contribution in [2.75, 3.05) is 45.9 Å². The Balaban J connectivity index is 1.89. The highest BCUT2D eigenvalue weighted by molar-refractivity contribution is 5.88. The summed E-state index contributed by atoms with van der Waals surface area (Å²) in [5.74, 6) is -1.18. The van der Waals surface area contributed by atoms with Gasteiger partial charge in [0.05, 0.1) is 6.54 Å². The van der Waals surface area contributed by atoms with Gasteiger partial charge < -0.3 is 20.5 Å². The molecule has 0 bridgehead atoms. The number of amides is 1. The monoisotopic (exact) mass is 285 g/mol. The predicted molar refractivity (Wildman–Crippen MR) is 72.5 cm³/mol. The quantitative estimate of drug-likeness (QED) is 0.616. The molecule has 2 rings (SSSR count). The number of nitrogens with one attached hydrogen (secondary N) is 2. The average molecular weight is 285 g/mol. The Hall–Kier alpha value is -1.18. The summed E-state index contributed by atoms with van der Waals surface area (Å²) < 4.78 is 5.19. The first kappa shape index (κ1) is 15.2. The number of carbonyl (C=O) groups is 2. The first-order valence-corrected chi connectivity index (χ1v) is 7.18. The Kier molecular flexibility index (Phi) is 5.33. The van der Waals surface area contributed by atoms with E-state index in [2.05, 4.69) is 15.5 Å². The molecular weight excluding hydrogens is 262 g/mol. The van der Waals surface area contributed by atoms with E-state index in [0.29, 0.717) is 26.1 Å². The molecular formula is C13H23N3O4. The van der Waals surface area contributed by atoms with E-state index in [1.54, 1.807) is 0 Å². The largest absolute Gasteiger partial charge is 0.480 e. The summed E-state index contributed by atoms with van der Waals surface area (Å²) in [6.07, 6.45) is 1.66. The number of ether oxygens (including phenoxy) is 1. The zero-order valence-electron chi connectivity index (χ0n) is 11.7. The minimum absolute atomic E-state index is 0.212. The van der Waals surface area contributed by atoms with Crippen molar-refractivity contribution in [3.8, 4) is 0 Å². The van der Waals surface area contributed by atoms with Gasteiger partial charge in [0.1, 0.15) is 5.54 Å². The van der Waals surface area contributed by atoms with Gasteiger partial charge in [-0.2, -0.15) is 0 Å². The lowest BCUT2D eigenvalue weighted by Crippen LogP contribution is -2.59. The lowest BCUT2D eigenvalue weighted by atomic mass is 9.90. The standard InChI is InChI=1S/C13H23N3O4/c17-11(10-16-6-1-4-14-5-7-16)15-13(12(18)19)2-8-20-9-3-13/h14H,1-10H2,(H,15,17)(H,18,19). The number of hydrogen-bond donors (Lipinski definition) is 3. The molecule has 7 heteroatoms. The van der Waals surface area contributed by atoms with E-state index in [4.69, 9.17) is 4.74 Å². The van der Waals surface area contributed by atoms with Crippen LogP contribution in [0.4, 0.5) is 0 Å². The topological polar surface area (TPSA) is 90.9 Å². The number of hydrogen-bond acceptors (Lipinski definition) is 5. The highest BCUT2D eigenvalue weighted by Crippen LogP contribution is 2.21. The molecule has 0 unspecified atom stereocenters. The fourth-order valence-corrected chi connectivity index (χ4v) is 2.68. The summed E-state index contributed by atoms with van der Waals surface area (Å²) in [5, 5.41) is 15.4. The van der Waals surface area contributed by atoms with Gasteiger partial charge in [-0.15, -0.1) is 0 Å². The fourth-order valence-electron chi connectivity index (χ4n) is 2.68. The molecule has 2 saturated heterocycles. The molecule has 20 heavy (non-hydrogen) atoms. The van der Waals surface area contributed by atoms with Crippen molar-refractivity contribution in [2.45, 2.75) is 24.8 Å². The van der Waals surface area contributed by atoms with Gasteiger partial charge in [0.15, 0.2) is 0 Å². The van der Waals surface area contributed by atoms with E-state index < -0.39 is 11.5 Å². The van der Waals surface area contributed by atoms with E-state index in [0.717, 1.165) is 32.6 Å². The first-order chi connectivity index (χ1) is 9.62. The summed E-state index contributed by atoms with van der Waals surface area (Å²) in [7, 11) is 0. The Morgan fingerprint density at radius 3 is 2.70 bits per heavy atom. The zero-order valence-corrected chi connectivity index (χ0v) is 11.7. The number of carboxylic acids is 1. The summed E-state index contributed by atoms with van der Waals surface area (Å²) in [6.45, 7) is 4.53. The Morgan fingerprint density at radius 2 is 2.00 bits per heavy atom. The van der Waals surface area contributed by atoms with E-state index in [-0.39, 0.29) is 12.5 Å². The maximum atomic E-state index is 12.1. The lowest BCUT2D eigenvalue weighted by Gasteiger charge is -2.34. The number of carboxylic acid groups (broad SMARTS) is 1. The Bertz CT molecular complexity index is 348. The van der Waals surface area contributed by atoms with Crippen LogP contribution in [0.3, 0.4) is 0 Å². The first-order valence-electron chi connectivity index (χ1n) is 7.18. The summed E-state index contributed by atoms with van der Waals surface area (Å²) in [6, 6.07) is 0. The summed E-state index contributed by atoms with van der Waals surface area (Å²) in [4.78, 5) is 25.6. The van der Waals surface area contributed by atoms with Gasteiger partial charge in [-0.25, -0.2) is 4.79 Å². The van der Waals surface area contributed by atoms with Gasteiger partial charge in [-0.3, -0.25) is 9.69 Å². The molecule has 114 valence electrons. The van der Waals surface area contributed by atoms with Crippen LogP contribution in [0, 0.1) is 0 Å². The van der Waals surface area contributed by atoms with Crippen LogP contribution in [-0.4, -0.2) is 73.4 Å². The molecule has 0 aromatic rings. The minimum Gasteiger partial charge on any atom is -0.480 e. The van der Waals surface area contributed by atoms with Crippen LogP contribution in [-0.2, 0) is 14.3 Å². The molecule has 2 aliphatic rings. The molecule has 0 saturated carbocycles. The van der Waals surface area contributed by atoms with Crippen LogP contribution in [0.1, 0.15) is 19.3 Å². The number of nitrogens with zero attached hydrogens (tertiary/aromatic N) is 1. The zero-order chi connectivity index (χ0) is 14.4.